The van der Waals surface area contributed by atoms with Crippen molar-refractivity contribution < 1.29 is 19.4 Å². The molecule has 0 bridgehead atoms. The lowest BCUT2D eigenvalue weighted by atomic mass is 10.1. The van der Waals surface area contributed by atoms with Crippen molar-refractivity contribution in [1.29, 1.82) is 0 Å². The third kappa shape index (κ3) is 4.75. The number of rotatable bonds is 7. The highest BCUT2D eigenvalue weighted by molar-refractivity contribution is 5.69. The van der Waals surface area contributed by atoms with E-state index in [4.69, 9.17) is 4.74 Å². The summed E-state index contributed by atoms with van der Waals surface area (Å²) in [6, 6.07) is 7.35. The van der Waals surface area contributed by atoms with E-state index in [0.29, 0.717) is 25.9 Å². The minimum Gasteiger partial charge on any atom is -0.494 e. The van der Waals surface area contributed by atoms with Gasteiger partial charge in [-0.05, 0) is 30.5 Å². The van der Waals surface area contributed by atoms with Crippen molar-refractivity contribution in [3.05, 3.63) is 29.8 Å². The Morgan fingerprint density at radius 3 is 2.56 bits per heavy atom. The van der Waals surface area contributed by atoms with E-state index in [1.54, 1.807) is 0 Å². The monoisotopic (exact) mass is 252 g/mol. The molecule has 1 N–H and O–H groups in total. The number of hydrogen-bond donors (Lipinski definition) is 1. The maximum Gasteiger partial charge on any atom is 0.305 e. The van der Waals surface area contributed by atoms with Gasteiger partial charge in [-0.1, -0.05) is 19.1 Å². The molecular weight excluding hydrogens is 232 g/mol. The van der Waals surface area contributed by atoms with E-state index in [9.17, 15) is 9.90 Å². The zero-order valence-corrected chi connectivity index (χ0v) is 10.9. The van der Waals surface area contributed by atoms with Crippen LogP contribution in [0.3, 0.4) is 0 Å². The number of carbonyl (C=O) groups is 1. The van der Waals surface area contributed by atoms with Gasteiger partial charge in [-0.2, -0.15) is 0 Å². The summed E-state index contributed by atoms with van der Waals surface area (Å²) in [6.45, 7) is 2.41. The van der Waals surface area contributed by atoms with E-state index < -0.39 is 6.10 Å². The number of ether oxygens (including phenoxy) is 2. The quantitative estimate of drug-likeness (QED) is 0.598. The van der Waals surface area contributed by atoms with Crippen molar-refractivity contribution in [3.8, 4) is 5.75 Å². The number of aliphatic hydroxyl groups excluding tert-OH is 1. The van der Waals surface area contributed by atoms with Gasteiger partial charge in [0, 0.05) is 6.42 Å². The highest BCUT2D eigenvalue weighted by atomic mass is 16.5. The number of hydrogen-bond acceptors (Lipinski definition) is 4. The van der Waals surface area contributed by atoms with E-state index in [2.05, 4.69) is 4.74 Å². The molecule has 4 nitrogen and oxygen atoms in total. The third-order valence-electron chi connectivity index (χ3n) is 2.67. The van der Waals surface area contributed by atoms with Gasteiger partial charge in [-0.15, -0.1) is 0 Å². The number of aliphatic hydroxyl groups is 1. The Bertz CT molecular complexity index is 359. The zero-order chi connectivity index (χ0) is 13.4. The van der Waals surface area contributed by atoms with Crippen LogP contribution in [-0.2, 0) is 9.53 Å². The van der Waals surface area contributed by atoms with Crippen LogP contribution in [0.25, 0.3) is 0 Å². The summed E-state index contributed by atoms with van der Waals surface area (Å²) in [4.78, 5) is 10.9. The van der Waals surface area contributed by atoms with Crippen LogP contribution < -0.4 is 4.74 Å². The summed E-state index contributed by atoms with van der Waals surface area (Å²) >= 11 is 0. The van der Waals surface area contributed by atoms with Crippen LogP contribution in [0.15, 0.2) is 24.3 Å². The van der Waals surface area contributed by atoms with Crippen LogP contribution in [0.2, 0.25) is 0 Å². The first kappa shape index (κ1) is 14.5. The Labute approximate surface area is 108 Å². The molecule has 1 aromatic carbocycles. The van der Waals surface area contributed by atoms with Crippen LogP contribution in [0.5, 0.6) is 5.75 Å². The van der Waals surface area contributed by atoms with E-state index >= 15 is 0 Å². The van der Waals surface area contributed by atoms with Crippen LogP contribution >= 0.6 is 0 Å². The summed E-state index contributed by atoms with van der Waals surface area (Å²) in [5.41, 5.74) is 0.888. The topological polar surface area (TPSA) is 55.8 Å². The second-order valence-electron chi connectivity index (χ2n) is 4.02. The first-order valence-electron chi connectivity index (χ1n) is 6.15. The number of methoxy groups -OCH3 is 1. The molecule has 0 saturated carbocycles. The minimum absolute atomic E-state index is 0.222. The van der Waals surface area contributed by atoms with E-state index in [1.165, 1.54) is 7.11 Å². The van der Waals surface area contributed by atoms with Gasteiger partial charge in [-0.3, -0.25) is 4.79 Å². The van der Waals surface area contributed by atoms with Crippen molar-refractivity contribution in [1.82, 2.24) is 0 Å². The number of carbonyl (C=O) groups excluding carboxylic acids is 1. The molecule has 0 fully saturated rings. The Morgan fingerprint density at radius 2 is 2.00 bits per heavy atom. The molecule has 0 heterocycles. The second-order valence-corrected chi connectivity index (χ2v) is 4.02. The second kappa shape index (κ2) is 7.71. The van der Waals surface area contributed by atoms with Gasteiger partial charge >= 0.3 is 5.97 Å². The molecule has 1 rings (SSSR count). The van der Waals surface area contributed by atoms with E-state index in [0.717, 1.165) is 11.3 Å². The van der Waals surface area contributed by atoms with Crippen LogP contribution in [0.4, 0.5) is 0 Å². The first-order valence-corrected chi connectivity index (χ1v) is 6.15. The summed E-state index contributed by atoms with van der Waals surface area (Å²) in [7, 11) is 1.38. The minimum atomic E-state index is -0.418. The van der Waals surface area contributed by atoms with Gasteiger partial charge in [-0.25, -0.2) is 0 Å². The third-order valence-corrected chi connectivity index (χ3v) is 2.67. The molecule has 0 radical (unpaired) electrons. The average Bonchev–Trinajstić information content (AvgIpc) is 2.43. The highest BCUT2D eigenvalue weighted by Crippen LogP contribution is 2.19. The molecule has 0 amide bonds. The van der Waals surface area contributed by atoms with Crippen molar-refractivity contribution in [2.75, 3.05) is 13.7 Å². The van der Waals surface area contributed by atoms with Gasteiger partial charge in [0.25, 0.3) is 0 Å². The predicted molar refractivity (Wildman–Crippen MR) is 68.4 cm³/mol. The van der Waals surface area contributed by atoms with Crippen molar-refractivity contribution >= 4 is 5.97 Å². The van der Waals surface area contributed by atoms with Gasteiger partial charge in [0.15, 0.2) is 0 Å². The molecule has 4 heteroatoms. The maximum atomic E-state index is 10.9. The Hall–Kier alpha value is -1.55. The maximum absolute atomic E-state index is 10.9. The molecule has 0 aliphatic carbocycles. The Balaban J connectivity index is 2.33. The molecule has 0 saturated heterocycles. The molecule has 0 spiro atoms. The van der Waals surface area contributed by atoms with Crippen LogP contribution in [-0.4, -0.2) is 24.8 Å². The van der Waals surface area contributed by atoms with Crippen molar-refractivity contribution in [2.24, 2.45) is 0 Å². The number of esters is 1. The largest absolute Gasteiger partial charge is 0.494 e. The lowest BCUT2D eigenvalue weighted by Crippen LogP contribution is -2.04. The van der Waals surface area contributed by atoms with Crippen molar-refractivity contribution in [2.45, 2.75) is 32.3 Å². The van der Waals surface area contributed by atoms with Gasteiger partial charge in [0.2, 0.25) is 0 Å². The average molecular weight is 252 g/mol. The number of benzene rings is 1. The zero-order valence-electron chi connectivity index (χ0n) is 10.9. The normalized spacial score (nSPS) is 11.9. The fraction of sp³-hybridized carbons (Fsp3) is 0.500. The van der Waals surface area contributed by atoms with E-state index in [-0.39, 0.29) is 5.97 Å². The van der Waals surface area contributed by atoms with Gasteiger partial charge in [0.05, 0.1) is 19.8 Å². The fourth-order valence-corrected chi connectivity index (χ4v) is 1.53. The van der Waals surface area contributed by atoms with Gasteiger partial charge < -0.3 is 14.6 Å². The molecule has 100 valence electrons. The lowest BCUT2D eigenvalue weighted by molar-refractivity contribution is -0.140. The SMILES string of the molecule is CCC(O)c1ccc(OCCCC(=O)OC)cc1. The first-order chi connectivity index (χ1) is 8.67. The molecule has 1 unspecified atom stereocenters. The standard InChI is InChI=1S/C14H20O4/c1-3-13(15)11-6-8-12(9-7-11)18-10-4-5-14(16)17-2/h6-9,13,15H,3-5,10H2,1-2H3. The Kier molecular flexibility index (Phi) is 6.22. The molecular formula is C14H20O4. The predicted octanol–water partition coefficient (Wildman–Crippen LogP) is 2.46. The molecule has 0 aliphatic rings. The van der Waals surface area contributed by atoms with E-state index in [1.807, 2.05) is 31.2 Å². The summed E-state index contributed by atoms with van der Waals surface area (Å²) < 4.78 is 10.0. The summed E-state index contributed by atoms with van der Waals surface area (Å²) in [5.74, 6) is 0.520. The summed E-state index contributed by atoms with van der Waals surface area (Å²) in [6.07, 6.45) is 1.27. The molecule has 1 atom stereocenters. The molecule has 1 aromatic rings. The van der Waals surface area contributed by atoms with Gasteiger partial charge in [0.1, 0.15) is 5.75 Å². The fourth-order valence-electron chi connectivity index (χ4n) is 1.53. The van der Waals surface area contributed by atoms with Crippen LogP contribution in [0, 0.1) is 0 Å². The lowest BCUT2D eigenvalue weighted by Gasteiger charge is -2.10. The highest BCUT2D eigenvalue weighted by Gasteiger charge is 2.04. The summed E-state index contributed by atoms with van der Waals surface area (Å²) in [5, 5.41) is 9.63. The van der Waals surface area contributed by atoms with Crippen LogP contribution in [0.1, 0.15) is 37.9 Å². The Morgan fingerprint density at radius 1 is 1.33 bits per heavy atom. The molecule has 0 aliphatic heterocycles. The smallest absolute Gasteiger partial charge is 0.305 e. The van der Waals surface area contributed by atoms with Crippen molar-refractivity contribution in [3.63, 3.8) is 0 Å². The molecule has 18 heavy (non-hydrogen) atoms. The molecule has 0 aromatic heterocycles.